The van der Waals surface area contributed by atoms with Crippen LogP contribution in [0.15, 0.2) is 18.2 Å². The summed E-state index contributed by atoms with van der Waals surface area (Å²) in [4.78, 5) is 0. The molecule has 0 aliphatic heterocycles. The normalized spacial score (nSPS) is 18.8. The van der Waals surface area contributed by atoms with E-state index in [0.29, 0.717) is 18.1 Å². The Morgan fingerprint density at radius 2 is 1.94 bits per heavy atom. The molecule has 0 bridgehead atoms. The van der Waals surface area contributed by atoms with Gasteiger partial charge in [0.05, 0.1) is 5.60 Å². The second-order valence-corrected chi connectivity index (χ2v) is 5.60. The largest absolute Gasteiger partial charge is 0.508 e. The Morgan fingerprint density at radius 1 is 1.22 bits per heavy atom. The smallest absolute Gasteiger partial charge is 0.120 e. The molecule has 18 heavy (non-hydrogen) atoms. The van der Waals surface area contributed by atoms with Gasteiger partial charge in [0.1, 0.15) is 5.75 Å². The number of phenolic OH excluding ortho intramolecular Hbond substituents is 1. The Hall–Kier alpha value is -0.770. The van der Waals surface area contributed by atoms with Crippen molar-refractivity contribution in [3.05, 3.63) is 28.8 Å². The molecule has 0 amide bonds. The zero-order valence-corrected chi connectivity index (χ0v) is 11.2. The Balaban J connectivity index is 1.86. The van der Waals surface area contributed by atoms with Gasteiger partial charge in [-0.1, -0.05) is 30.9 Å². The molecule has 1 saturated carbocycles. The highest BCUT2D eigenvalue weighted by Crippen LogP contribution is 2.27. The number of halogens is 1. The Kier molecular flexibility index (Phi) is 4.49. The van der Waals surface area contributed by atoms with E-state index in [1.54, 1.807) is 18.2 Å². The Labute approximate surface area is 113 Å². The van der Waals surface area contributed by atoms with Crippen molar-refractivity contribution in [1.82, 2.24) is 5.32 Å². The summed E-state index contributed by atoms with van der Waals surface area (Å²) in [5.74, 6) is 0.238. The first-order valence-corrected chi connectivity index (χ1v) is 6.87. The van der Waals surface area contributed by atoms with Crippen LogP contribution in [-0.4, -0.2) is 22.4 Å². The predicted octanol–water partition coefficient (Wildman–Crippen LogP) is 2.83. The number of hydrogen-bond donors (Lipinski definition) is 3. The SMILES string of the molecule is Oc1ccc(Cl)cc1CNCC1(O)CCCCC1. The zero-order chi connectivity index (χ0) is 13.0. The zero-order valence-electron chi connectivity index (χ0n) is 10.5. The minimum absolute atomic E-state index is 0.238. The number of phenols is 1. The van der Waals surface area contributed by atoms with Crippen molar-refractivity contribution < 1.29 is 10.2 Å². The first kappa shape index (κ1) is 13.7. The van der Waals surface area contributed by atoms with E-state index in [9.17, 15) is 10.2 Å². The average molecular weight is 270 g/mol. The van der Waals surface area contributed by atoms with Crippen LogP contribution >= 0.6 is 11.6 Å². The van der Waals surface area contributed by atoms with Crippen LogP contribution in [0.2, 0.25) is 5.02 Å². The summed E-state index contributed by atoms with van der Waals surface area (Å²) in [6.45, 7) is 1.09. The highest BCUT2D eigenvalue weighted by Gasteiger charge is 2.28. The summed E-state index contributed by atoms with van der Waals surface area (Å²) in [5, 5.41) is 23.8. The molecule has 100 valence electrons. The van der Waals surface area contributed by atoms with E-state index in [1.165, 1.54) is 6.42 Å². The van der Waals surface area contributed by atoms with Crippen LogP contribution < -0.4 is 5.32 Å². The van der Waals surface area contributed by atoms with Crippen molar-refractivity contribution in [3.63, 3.8) is 0 Å². The van der Waals surface area contributed by atoms with Crippen molar-refractivity contribution in [2.45, 2.75) is 44.2 Å². The van der Waals surface area contributed by atoms with Crippen LogP contribution in [0.4, 0.5) is 0 Å². The molecule has 1 aromatic rings. The second kappa shape index (κ2) is 5.91. The molecule has 1 fully saturated rings. The molecule has 1 aromatic carbocycles. The molecule has 0 aromatic heterocycles. The molecule has 0 heterocycles. The third kappa shape index (κ3) is 3.61. The fraction of sp³-hybridized carbons (Fsp3) is 0.571. The fourth-order valence-corrected chi connectivity index (χ4v) is 2.71. The number of benzene rings is 1. The average Bonchev–Trinajstić information content (AvgIpc) is 2.34. The van der Waals surface area contributed by atoms with Gasteiger partial charge < -0.3 is 15.5 Å². The summed E-state index contributed by atoms with van der Waals surface area (Å²) in [7, 11) is 0. The van der Waals surface area contributed by atoms with E-state index in [1.807, 2.05) is 0 Å². The van der Waals surface area contributed by atoms with E-state index in [-0.39, 0.29) is 5.75 Å². The van der Waals surface area contributed by atoms with Crippen molar-refractivity contribution in [1.29, 1.82) is 0 Å². The molecule has 3 N–H and O–H groups in total. The number of aliphatic hydroxyl groups is 1. The molecule has 1 aliphatic rings. The summed E-state index contributed by atoms with van der Waals surface area (Å²) < 4.78 is 0. The van der Waals surface area contributed by atoms with Crippen LogP contribution in [0.1, 0.15) is 37.7 Å². The molecule has 0 radical (unpaired) electrons. The molecular formula is C14H20ClNO2. The molecule has 0 saturated heterocycles. The van der Waals surface area contributed by atoms with Crippen LogP contribution in [0.3, 0.4) is 0 Å². The topological polar surface area (TPSA) is 52.5 Å². The van der Waals surface area contributed by atoms with Gasteiger partial charge in [0.15, 0.2) is 0 Å². The van der Waals surface area contributed by atoms with Crippen molar-refractivity contribution in [2.24, 2.45) is 0 Å². The maximum atomic E-state index is 10.3. The summed E-state index contributed by atoms with van der Waals surface area (Å²) >= 11 is 5.88. The quantitative estimate of drug-likeness (QED) is 0.788. The van der Waals surface area contributed by atoms with Crippen LogP contribution in [-0.2, 0) is 6.54 Å². The van der Waals surface area contributed by atoms with Gasteiger partial charge in [-0.2, -0.15) is 0 Å². The Bertz CT molecular complexity index is 403. The van der Waals surface area contributed by atoms with E-state index in [4.69, 9.17) is 11.6 Å². The minimum atomic E-state index is -0.577. The first-order valence-electron chi connectivity index (χ1n) is 6.50. The number of rotatable bonds is 4. The highest BCUT2D eigenvalue weighted by atomic mass is 35.5. The third-order valence-electron chi connectivity index (χ3n) is 3.60. The molecule has 4 heteroatoms. The lowest BCUT2D eigenvalue weighted by molar-refractivity contribution is 0.00464. The summed E-state index contributed by atoms with van der Waals surface area (Å²) in [5.41, 5.74) is 0.189. The Morgan fingerprint density at radius 3 is 2.67 bits per heavy atom. The molecular weight excluding hydrogens is 250 g/mol. The predicted molar refractivity (Wildman–Crippen MR) is 72.9 cm³/mol. The van der Waals surface area contributed by atoms with Gasteiger partial charge in [-0.05, 0) is 31.0 Å². The lowest BCUT2D eigenvalue weighted by atomic mass is 9.85. The lowest BCUT2D eigenvalue weighted by Crippen LogP contribution is -2.41. The third-order valence-corrected chi connectivity index (χ3v) is 3.83. The van der Waals surface area contributed by atoms with Gasteiger partial charge in [-0.25, -0.2) is 0 Å². The number of hydrogen-bond acceptors (Lipinski definition) is 3. The van der Waals surface area contributed by atoms with Crippen molar-refractivity contribution in [2.75, 3.05) is 6.54 Å². The minimum Gasteiger partial charge on any atom is -0.508 e. The van der Waals surface area contributed by atoms with Gasteiger partial charge in [-0.15, -0.1) is 0 Å². The van der Waals surface area contributed by atoms with Crippen LogP contribution in [0.25, 0.3) is 0 Å². The number of aromatic hydroxyl groups is 1. The molecule has 3 nitrogen and oxygen atoms in total. The van der Waals surface area contributed by atoms with E-state index >= 15 is 0 Å². The maximum absolute atomic E-state index is 10.3. The summed E-state index contributed by atoms with van der Waals surface area (Å²) in [6.07, 6.45) is 5.14. The van der Waals surface area contributed by atoms with Gasteiger partial charge in [-0.3, -0.25) is 0 Å². The van der Waals surface area contributed by atoms with Gasteiger partial charge in [0.25, 0.3) is 0 Å². The van der Waals surface area contributed by atoms with Crippen molar-refractivity contribution >= 4 is 11.6 Å². The molecule has 0 atom stereocenters. The van der Waals surface area contributed by atoms with Gasteiger partial charge in [0, 0.05) is 23.7 Å². The van der Waals surface area contributed by atoms with E-state index < -0.39 is 5.60 Å². The second-order valence-electron chi connectivity index (χ2n) is 5.16. The van der Waals surface area contributed by atoms with E-state index in [2.05, 4.69) is 5.32 Å². The van der Waals surface area contributed by atoms with E-state index in [0.717, 1.165) is 31.2 Å². The molecule has 0 unspecified atom stereocenters. The van der Waals surface area contributed by atoms with Crippen molar-refractivity contribution in [3.8, 4) is 5.75 Å². The van der Waals surface area contributed by atoms with Gasteiger partial charge in [0.2, 0.25) is 0 Å². The monoisotopic (exact) mass is 269 g/mol. The summed E-state index contributed by atoms with van der Waals surface area (Å²) in [6, 6.07) is 5.00. The van der Waals surface area contributed by atoms with Crippen LogP contribution in [0, 0.1) is 0 Å². The first-order chi connectivity index (χ1) is 8.59. The number of nitrogens with one attached hydrogen (secondary N) is 1. The molecule has 2 rings (SSSR count). The highest BCUT2D eigenvalue weighted by molar-refractivity contribution is 6.30. The van der Waals surface area contributed by atoms with Crippen LogP contribution in [0.5, 0.6) is 5.75 Å². The lowest BCUT2D eigenvalue weighted by Gasteiger charge is -2.32. The van der Waals surface area contributed by atoms with Gasteiger partial charge >= 0.3 is 0 Å². The molecule has 1 aliphatic carbocycles. The fourth-order valence-electron chi connectivity index (χ4n) is 2.51. The maximum Gasteiger partial charge on any atom is 0.120 e. The standard InChI is InChI=1S/C14H20ClNO2/c15-12-4-5-13(17)11(8-12)9-16-10-14(18)6-2-1-3-7-14/h4-5,8,16-18H,1-3,6-7,9-10H2. The molecule has 0 spiro atoms.